The van der Waals surface area contributed by atoms with E-state index in [2.05, 4.69) is 0 Å². The molecule has 0 saturated carbocycles. The molecular formula is C8H11N3O2. The van der Waals surface area contributed by atoms with Crippen LogP contribution in [-0.2, 0) is 10.5 Å². The SMILES string of the molecule is NC(=O)C(N)(O)c1ccccc1N. The fraction of sp³-hybridized carbons (Fsp3) is 0.125. The highest BCUT2D eigenvalue weighted by Gasteiger charge is 2.32. The maximum atomic E-state index is 10.8. The minimum absolute atomic E-state index is 0.113. The van der Waals surface area contributed by atoms with E-state index < -0.39 is 11.6 Å². The molecule has 1 aromatic carbocycles. The van der Waals surface area contributed by atoms with E-state index >= 15 is 0 Å². The van der Waals surface area contributed by atoms with E-state index in [-0.39, 0.29) is 11.3 Å². The summed E-state index contributed by atoms with van der Waals surface area (Å²) >= 11 is 0. The summed E-state index contributed by atoms with van der Waals surface area (Å²) in [4.78, 5) is 10.8. The van der Waals surface area contributed by atoms with E-state index in [1.54, 1.807) is 12.1 Å². The highest BCUT2D eigenvalue weighted by molar-refractivity contribution is 5.85. The van der Waals surface area contributed by atoms with Crippen molar-refractivity contribution in [3.05, 3.63) is 29.8 Å². The van der Waals surface area contributed by atoms with Crippen LogP contribution in [-0.4, -0.2) is 11.0 Å². The number of nitrogen functional groups attached to an aromatic ring is 1. The molecule has 0 aliphatic carbocycles. The summed E-state index contributed by atoms with van der Waals surface area (Å²) in [6.07, 6.45) is 0. The van der Waals surface area contributed by atoms with Crippen LogP contribution >= 0.6 is 0 Å². The maximum Gasteiger partial charge on any atom is 0.269 e. The highest BCUT2D eigenvalue weighted by atomic mass is 16.3. The first-order valence-corrected chi connectivity index (χ1v) is 3.62. The van der Waals surface area contributed by atoms with Crippen molar-refractivity contribution in [2.75, 3.05) is 5.73 Å². The van der Waals surface area contributed by atoms with E-state index in [1.165, 1.54) is 12.1 Å². The first-order chi connectivity index (χ1) is 5.96. The van der Waals surface area contributed by atoms with Crippen LogP contribution in [0, 0.1) is 0 Å². The second kappa shape index (κ2) is 3.04. The molecule has 70 valence electrons. The Morgan fingerprint density at radius 2 is 1.92 bits per heavy atom. The van der Waals surface area contributed by atoms with Crippen molar-refractivity contribution in [1.29, 1.82) is 0 Å². The lowest BCUT2D eigenvalue weighted by Crippen LogP contribution is -2.49. The van der Waals surface area contributed by atoms with Crippen molar-refractivity contribution in [2.24, 2.45) is 11.5 Å². The number of anilines is 1. The molecule has 1 rings (SSSR count). The summed E-state index contributed by atoms with van der Waals surface area (Å²) in [5.74, 6) is -1.04. The maximum absolute atomic E-state index is 10.8. The minimum atomic E-state index is -2.20. The van der Waals surface area contributed by atoms with Gasteiger partial charge < -0.3 is 16.6 Å². The van der Waals surface area contributed by atoms with Crippen molar-refractivity contribution in [2.45, 2.75) is 5.72 Å². The Labute approximate surface area is 75.1 Å². The monoisotopic (exact) mass is 181 g/mol. The molecule has 0 fully saturated rings. The Bertz CT molecular complexity index is 336. The number of hydrogen-bond donors (Lipinski definition) is 4. The molecule has 0 aliphatic rings. The van der Waals surface area contributed by atoms with Gasteiger partial charge in [0.1, 0.15) is 0 Å². The summed E-state index contributed by atoms with van der Waals surface area (Å²) in [6.45, 7) is 0. The number of rotatable bonds is 2. The lowest BCUT2D eigenvalue weighted by atomic mass is 10.0. The fourth-order valence-corrected chi connectivity index (χ4v) is 0.977. The third-order valence-corrected chi connectivity index (χ3v) is 1.75. The van der Waals surface area contributed by atoms with Crippen LogP contribution in [0.3, 0.4) is 0 Å². The van der Waals surface area contributed by atoms with Gasteiger partial charge in [-0.25, -0.2) is 0 Å². The van der Waals surface area contributed by atoms with Crippen LogP contribution < -0.4 is 17.2 Å². The zero-order valence-electron chi connectivity index (χ0n) is 6.90. The summed E-state index contributed by atoms with van der Waals surface area (Å²) in [7, 11) is 0. The van der Waals surface area contributed by atoms with Gasteiger partial charge in [0.15, 0.2) is 0 Å². The number of primary amides is 1. The Morgan fingerprint density at radius 1 is 1.38 bits per heavy atom. The van der Waals surface area contributed by atoms with E-state index in [9.17, 15) is 9.90 Å². The summed E-state index contributed by atoms with van der Waals surface area (Å²) < 4.78 is 0. The molecule has 1 atom stereocenters. The van der Waals surface area contributed by atoms with Gasteiger partial charge in [0.2, 0.25) is 5.72 Å². The van der Waals surface area contributed by atoms with Gasteiger partial charge in [0.05, 0.1) is 0 Å². The average Bonchev–Trinajstić information content (AvgIpc) is 2.04. The molecule has 1 amide bonds. The Hall–Kier alpha value is -1.59. The van der Waals surface area contributed by atoms with Crippen LogP contribution in [0.2, 0.25) is 0 Å². The van der Waals surface area contributed by atoms with E-state index in [1.807, 2.05) is 0 Å². The van der Waals surface area contributed by atoms with Gasteiger partial charge in [-0.1, -0.05) is 18.2 Å². The fourth-order valence-electron chi connectivity index (χ4n) is 0.977. The minimum Gasteiger partial charge on any atom is -0.398 e. The van der Waals surface area contributed by atoms with Crippen LogP contribution in [0.15, 0.2) is 24.3 Å². The summed E-state index contributed by atoms with van der Waals surface area (Å²) in [5, 5.41) is 9.47. The first-order valence-electron chi connectivity index (χ1n) is 3.62. The molecule has 13 heavy (non-hydrogen) atoms. The topological polar surface area (TPSA) is 115 Å². The normalized spacial score (nSPS) is 14.9. The molecule has 0 aromatic heterocycles. The zero-order valence-corrected chi connectivity index (χ0v) is 6.90. The van der Waals surface area contributed by atoms with Gasteiger partial charge in [-0.2, -0.15) is 0 Å². The number of carbonyl (C=O) groups excluding carboxylic acids is 1. The van der Waals surface area contributed by atoms with Crippen molar-refractivity contribution < 1.29 is 9.90 Å². The standard InChI is InChI=1S/C8H11N3O2/c9-6-4-2-1-3-5(6)8(11,13)7(10)12/h1-4,13H,9,11H2,(H2,10,12). The molecule has 0 heterocycles. The molecule has 0 spiro atoms. The van der Waals surface area contributed by atoms with Crippen LogP contribution in [0.25, 0.3) is 0 Å². The smallest absolute Gasteiger partial charge is 0.269 e. The number of para-hydroxylation sites is 1. The number of hydrogen-bond acceptors (Lipinski definition) is 4. The van der Waals surface area contributed by atoms with Gasteiger partial charge in [-0.15, -0.1) is 0 Å². The van der Waals surface area contributed by atoms with Gasteiger partial charge in [-0.05, 0) is 6.07 Å². The van der Waals surface area contributed by atoms with Crippen LogP contribution in [0.4, 0.5) is 5.69 Å². The van der Waals surface area contributed by atoms with E-state index in [0.717, 1.165) is 0 Å². The molecular weight excluding hydrogens is 170 g/mol. The molecule has 5 heteroatoms. The van der Waals surface area contributed by atoms with Crippen molar-refractivity contribution in [3.63, 3.8) is 0 Å². The van der Waals surface area contributed by atoms with E-state index in [0.29, 0.717) is 0 Å². The predicted octanol–water partition coefficient (Wildman–Crippen LogP) is -1.14. The lowest BCUT2D eigenvalue weighted by molar-refractivity contribution is -0.136. The molecule has 7 N–H and O–H groups in total. The van der Waals surface area contributed by atoms with Crippen LogP contribution in [0.5, 0.6) is 0 Å². The Morgan fingerprint density at radius 3 is 2.38 bits per heavy atom. The zero-order chi connectivity index (χ0) is 10.1. The number of carbonyl (C=O) groups is 1. The van der Waals surface area contributed by atoms with Crippen molar-refractivity contribution in [3.8, 4) is 0 Å². The first kappa shape index (κ1) is 9.50. The third kappa shape index (κ3) is 1.61. The molecule has 1 aromatic rings. The average molecular weight is 181 g/mol. The Balaban J connectivity index is 3.22. The lowest BCUT2D eigenvalue weighted by Gasteiger charge is -2.20. The second-order valence-corrected chi connectivity index (χ2v) is 2.72. The number of nitrogens with two attached hydrogens (primary N) is 3. The quantitative estimate of drug-likeness (QED) is 0.341. The van der Waals surface area contributed by atoms with Crippen molar-refractivity contribution >= 4 is 11.6 Å². The predicted molar refractivity (Wildman–Crippen MR) is 48.1 cm³/mol. The van der Waals surface area contributed by atoms with E-state index in [4.69, 9.17) is 17.2 Å². The number of aliphatic hydroxyl groups is 1. The van der Waals surface area contributed by atoms with Gasteiger partial charge in [0, 0.05) is 11.3 Å². The van der Waals surface area contributed by atoms with Crippen LogP contribution in [0.1, 0.15) is 5.56 Å². The number of benzene rings is 1. The summed E-state index contributed by atoms with van der Waals surface area (Å²) in [6, 6.07) is 6.23. The summed E-state index contributed by atoms with van der Waals surface area (Å²) in [5.41, 5.74) is 13.8. The molecule has 0 bridgehead atoms. The molecule has 5 nitrogen and oxygen atoms in total. The Kier molecular flexibility index (Phi) is 2.22. The highest BCUT2D eigenvalue weighted by Crippen LogP contribution is 2.20. The molecule has 0 aliphatic heterocycles. The molecule has 0 saturated heterocycles. The third-order valence-electron chi connectivity index (χ3n) is 1.75. The molecule has 1 unspecified atom stereocenters. The second-order valence-electron chi connectivity index (χ2n) is 2.72. The van der Waals surface area contributed by atoms with Gasteiger partial charge in [0.25, 0.3) is 5.91 Å². The number of amides is 1. The molecule has 0 radical (unpaired) electrons. The van der Waals surface area contributed by atoms with Gasteiger partial charge >= 0.3 is 0 Å². The largest absolute Gasteiger partial charge is 0.398 e. The van der Waals surface area contributed by atoms with Crippen molar-refractivity contribution in [1.82, 2.24) is 0 Å². The van der Waals surface area contributed by atoms with Gasteiger partial charge in [-0.3, -0.25) is 10.5 Å².